The molecule has 1 aromatic heterocycles. The minimum absolute atomic E-state index is 0.240. The van der Waals surface area contributed by atoms with Gasteiger partial charge in [-0.3, -0.25) is 4.98 Å². The fraction of sp³-hybridized carbons (Fsp3) is 0.250. The number of aromatic nitrogens is 1. The smallest absolute Gasteiger partial charge is 0.123 e. The van der Waals surface area contributed by atoms with E-state index in [0.717, 1.165) is 10.4 Å². The normalized spacial score (nSPS) is 14.5. The van der Waals surface area contributed by atoms with Crippen LogP contribution in [0.1, 0.15) is 22.5 Å². The largest absolute Gasteiger partial charge is 0.387 e. The fourth-order valence-electron chi connectivity index (χ4n) is 1.73. The maximum atomic E-state index is 12.8. The van der Waals surface area contributed by atoms with Crippen LogP contribution in [0.4, 0.5) is 4.39 Å². The second kappa shape index (κ2) is 5.35. The highest BCUT2D eigenvalue weighted by molar-refractivity contribution is 7.09. The molecular weight excluding hydrogens is 239 g/mol. The SMILES string of the molecule is NCC(c1ccc(F)cc1)C(O)c1cncs1. The predicted molar refractivity (Wildman–Crippen MR) is 65.3 cm³/mol. The van der Waals surface area contributed by atoms with Crippen molar-refractivity contribution in [3.05, 3.63) is 52.2 Å². The van der Waals surface area contributed by atoms with Crippen molar-refractivity contribution in [1.82, 2.24) is 4.98 Å². The quantitative estimate of drug-likeness (QED) is 0.875. The number of benzene rings is 1. The first kappa shape index (κ1) is 12.2. The summed E-state index contributed by atoms with van der Waals surface area (Å²) < 4.78 is 12.8. The van der Waals surface area contributed by atoms with Gasteiger partial charge in [-0.2, -0.15) is 0 Å². The Kier molecular flexibility index (Phi) is 3.83. The Morgan fingerprint density at radius 3 is 2.59 bits per heavy atom. The highest BCUT2D eigenvalue weighted by Gasteiger charge is 2.22. The molecule has 0 fully saturated rings. The number of halogens is 1. The average molecular weight is 252 g/mol. The molecule has 2 aromatic rings. The summed E-state index contributed by atoms with van der Waals surface area (Å²) in [6, 6.07) is 6.04. The molecule has 0 radical (unpaired) electrons. The van der Waals surface area contributed by atoms with Crippen LogP contribution in [0, 0.1) is 5.82 Å². The van der Waals surface area contributed by atoms with Gasteiger partial charge in [0, 0.05) is 18.7 Å². The Balaban J connectivity index is 2.24. The molecule has 0 amide bonds. The summed E-state index contributed by atoms with van der Waals surface area (Å²) in [5, 5.41) is 10.2. The highest BCUT2D eigenvalue weighted by Crippen LogP contribution is 2.31. The minimum Gasteiger partial charge on any atom is -0.387 e. The third kappa shape index (κ3) is 2.69. The molecule has 0 aliphatic rings. The maximum absolute atomic E-state index is 12.8. The van der Waals surface area contributed by atoms with Gasteiger partial charge in [0.1, 0.15) is 5.82 Å². The number of aliphatic hydroxyl groups is 1. The standard InChI is InChI=1S/C12H13FN2OS/c13-9-3-1-8(2-4-9)10(5-14)12(16)11-6-15-7-17-11/h1-4,6-7,10,12,16H,5,14H2. The van der Waals surface area contributed by atoms with Gasteiger partial charge >= 0.3 is 0 Å². The topological polar surface area (TPSA) is 59.1 Å². The molecule has 0 bridgehead atoms. The summed E-state index contributed by atoms with van der Waals surface area (Å²) in [5.74, 6) is -0.534. The van der Waals surface area contributed by atoms with Crippen molar-refractivity contribution < 1.29 is 9.50 Å². The number of thiazole rings is 1. The van der Waals surface area contributed by atoms with Crippen molar-refractivity contribution in [2.75, 3.05) is 6.54 Å². The van der Waals surface area contributed by atoms with Gasteiger partial charge in [-0.05, 0) is 17.7 Å². The second-order valence-electron chi connectivity index (χ2n) is 3.74. The van der Waals surface area contributed by atoms with E-state index in [2.05, 4.69) is 4.98 Å². The molecule has 1 aromatic carbocycles. The first-order chi connectivity index (χ1) is 8.22. The summed E-state index contributed by atoms with van der Waals surface area (Å²) in [4.78, 5) is 4.69. The molecule has 0 saturated carbocycles. The van der Waals surface area contributed by atoms with Crippen LogP contribution in [0.3, 0.4) is 0 Å². The Bertz CT molecular complexity index is 458. The molecule has 2 unspecified atom stereocenters. The molecule has 3 nitrogen and oxygen atoms in total. The van der Waals surface area contributed by atoms with Gasteiger partial charge in [-0.1, -0.05) is 12.1 Å². The molecule has 17 heavy (non-hydrogen) atoms. The lowest BCUT2D eigenvalue weighted by atomic mass is 9.93. The Morgan fingerprint density at radius 2 is 2.06 bits per heavy atom. The first-order valence-electron chi connectivity index (χ1n) is 5.24. The van der Waals surface area contributed by atoms with Gasteiger partial charge in [-0.25, -0.2) is 4.39 Å². The molecule has 0 spiro atoms. The fourth-order valence-corrected chi connectivity index (χ4v) is 2.40. The van der Waals surface area contributed by atoms with Crippen molar-refractivity contribution in [1.29, 1.82) is 0 Å². The molecule has 2 rings (SSSR count). The number of hydrogen-bond donors (Lipinski definition) is 2. The lowest BCUT2D eigenvalue weighted by molar-refractivity contribution is 0.151. The van der Waals surface area contributed by atoms with Crippen LogP contribution in [0.2, 0.25) is 0 Å². The molecule has 0 aliphatic carbocycles. The van der Waals surface area contributed by atoms with Gasteiger partial charge in [0.2, 0.25) is 0 Å². The van der Waals surface area contributed by atoms with Crippen LogP contribution in [0.15, 0.2) is 36.0 Å². The van der Waals surface area contributed by atoms with Gasteiger partial charge < -0.3 is 10.8 Å². The number of aliphatic hydroxyl groups excluding tert-OH is 1. The third-order valence-electron chi connectivity index (χ3n) is 2.68. The number of nitrogens with two attached hydrogens (primary N) is 1. The van der Waals surface area contributed by atoms with Gasteiger partial charge in [0.05, 0.1) is 16.5 Å². The van der Waals surface area contributed by atoms with Crippen LogP contribution in [-0.2, 0) is 0 Å². The lowest BCUT2D eigenvalue weighted by Gasteiger charge is -2.20. The predicted octanol–water partition coefficient (Wildman–Crippen LogP) is 2.06. The number of nitrogens with zero attached hydrogens (tertiary/aromatic N) is 1. The summed E-state index contributed by atoms with van der Waals surface area (Å²) >= 11 is 1.38. The first-order valence-corrected chi connectivity index (χ1v) is 6.12. The van der Waals surface area contributed by atoms with E-state index in [9.17, 15) is 9.50 Å². The van der Waals surface area contributed by atoms with Crippen molar-refractivity contribution in [3.8, 4) is 0 Å². The van der Waals surface area contributed by atoms with Crippen LogP contribution >= 0.6 is 11.3 Å². The molecule has 0 aliphatic heterocycles. The molecule has 5 heteroatoms. The minimum atomic E-state index is -0.696. The summed E-state index contributed by atoms with van der Waals surface area (Å²) in [6.45, 7) is 0.296. The molecule has 2 atom stereocenters. The molecular formula is C12H13FN2OS. The van der Waals surface area contributed by atoms with E-state index in [-0.39, 0.29) is 11.7 Å². The van der Waals surface area contributed by atoms with Crippen LogP contribution in [0.5, 0.6) is 0 Å². The second-order valence-corrected chi connectivity index (χ2v) is 4.66. The van der Waals surface area contributed by atoms with Gasteiger partial charge in [0.25, 0.3) is 0 Å². The molecule has 1 heterocycles. The van der Waals surface area contributed by atoms with E-state index in [1.807, 2.05) is 0 Å². The molecule has 90 valence electrons. The zero-order valence-corrected chi connectivity index (χ0v) is 9.90. The van der Waals surface area contributed by atoms with Gasteiger partial charge in [-0.15, -0.1) is 11.3 Å². The zero-order valence-electron chi connectivity index (χ0n) is 9.08. The molecule has 0 saturated heterocycles. The third-order valence-corrected chi connectivity index (χ3v) is 3.52. The number of hydrogen-bond acceptors (Lipinski definition) is 4. The summed E-state index contributed by atoms with van der Waals surface area (Å²) in [7, 11) is 0. The van der Waals surface area contributed by atoms with Crippen LogP contribution < -0.4 is 5.73 Å². The Hall–Kier alpha value is -1.30. The maximum Gasteiger partial charge on any atom is 0.123 e. The van der Waals surface area contributed by atoms with Crippen molar-refractivity contribution >= 4 is 11.3 Å². The number of rotatable bonds is 4. The van der Waals surface area contributed by atoms with Crippen molar-refractivity contribution in [2.24, 2.45) is 5.73 Å². The highest BCUT2D eigenvalue weighted by atomic mass is 32.1. The Labute approximate surface area is 103 Å². The monoisotopic (exact) mass is 252 g/mol. The van der Waals surface area contributed by atoms with E-state index in [4.69, 9.17) is 5.73 Å². The Morgan fingerprint density at radius 1 is 1.35 bits per heavy atom. The van der Waals surface area contributed by atoms with E-state index < -0.39 is 6.10 Å². The summed E-state index contributed by atoms with van der Waals surface area (Å²) in [6.07, 6.45) is 0.930. The van der Waals surface area contributed by atoms with Gasteiger partial charge in [0.15, 0.2) is 0 Å². The average Bonchev–Trinajstić information content (AvgIpc) is 2.86. The zero-order chi connectivity index (χ0) is 12.3. The van der Waals surface area contributed by atoms with E-state index in [0.29, 0.717) is 6.54 Å². The van der Waals surface area contributed by atoms with Crippen LogP contribution in [-0.4, -0.2) is 16.6 Å². The lowest BCUT2D eigenvalue weighted by Crippen LogP contribution is -2.19. The summed E-state index contributed by atoms with van der Waals surface area (Å²) in [5.41, 5.74) is 8.17. The van der Waals surface area contributed by atoms with E-state index >= 15 is 0 Å². The van der Waals surface area contributed by atoms with Crippen molar-refractivity contribution in [2.45, 2.75) is 12.0 Å². The van der Waals surface area contributed by atoms with E-state index in [1.54, 1.807) is 23.8 Å². The molecule has 3 N–H and O–H groups in total. The van der Waals surface area contributed by atoms with Crippen molar-refractivity contribution in [3.63, 3.8) is 0 Å². The van der Waals surface area contributed by atoms with Crippen LogP contribution in [0.25, 0.3) is 0 Å². The van der Waals surface area contributed by atoms with E-state index in [1.165, 1.54) is 23.5 Å².